The molecule has 0 aliphatic carbocycles. The van der Waals surface area contributed by atoms with Crippen LogP contribution in [0.5, 0.6) is 0 Å². The molecule has 0 aliphatic rings. The number of hydrogen-bond donors (Lipinski definition) is 1. The SMILES string of the molecule is CC(/C=C/C=C(/C#N)N(C)c1ccccc1)C(O)c1ccccc1. The summed E-state index contributed by atoms with van der Waals surface area (Å²) in [5.74, 6) is -0.0503. The Bertz CT molecular complexity index is 729. The second-order valence-electron chi connectivity index (χ2n) is 5.66. The van der Waals surface area contributed by atoms with E-state index in [-0.39, 0.29) is 5.92 Å². The normalized spacial score (nSPS) is 14.2. The zero-order valence-electron chi connectivity index (χ0n) is 14.0. The van der Waals surface area contributed by atoms with Gasteiger partial charge in [0.1, 0.15) is 11.8 Å². The first kappa shape index (κ1) is 17.5. The maximum Gasteiger partial charge on any atom is 0.120 e. The lowest BCUT2D eigenvalue weighted by Gasteiger charge is -2.18. The van der Waals surface area contributed by atoms with Crippen LogP contribution in [0, 0.1) is 17.2 Å². The number of rotatable bonds is 6. The number of hydrogen-bond acceptors (Lipinski definition) is 3. The van der Waals surface area contributed by atoms with Crippen molar-refractivity contribution in [2.24, 2.45) is 5.92 Å². The number of nitriles is 1. The number of allylic oxidation sites excluding steroid dienone is 3. The summed E-state index contributed by atoms with van der Waals surface area (Å²) in [6.45, 7) is 1.95. The zero-order valence-corrected chi connectivity index (χ0v) is 14.0. The Morgan fingerprint density at radius 1 is 1.08 bits per heavy atom. The van der Waals surface area contributed by atoms with Crippen molar-refractivity contribution < 1.29 is 5.11 Å². The summed E-state index contributed by atoms with van der Waals surface area (Å²) >= 11 is 0. The molecule has 2 atom stereocenters. The summed E-state index contributed by atoms with van der Waals surface area (Å²) < 4.78 is 0. The molecule has 0 aromatic heterocycles. The van der Waals surface area contributed by atoms with Gasteiger partial charge in [-0.1, -0.05) is 67.6 Å². The molecule has 122 valence electrons. The second-order valence-corrected chi connectivity index (χ2v) is 5.66. The third-order valence-electron chi connectivity index (χ3n) is 3.93. The Balaban J connectivity index is 2.07. The van der Waals surface area contributed by atoms with Crippen molar-refractivity contribution in [1.29, 1.82) is 5.26 Å². The molecule has 0 saturated carbocycles. The van der Waals surface area contributed by atoms with Crippen LogP contribution in [0.3, 0.4) is 0 Å². The minimum absolute atomic E-state index is 0.0503. The van der Waals surface area contributed by atoms with Gasteiger partial charge in [-0.15, -0.1) is 0 Å². The fraction of sp³-hybridized carbons (Fsp3) is 0.190. The molecule has 24 heavy (non-hydrogen) atoms. The molecule has 2 aromatic carbocycles. The Morgan fingerprint density at radius 3 is 2.25 bits per heavy atom. The van der Waals surface area contributed by atoms with Gasteiger partial charge in [0.15, 0.2) is 0 Å². The van der Waals surface area contributed by atoms with Gasteiger partial charge in [-0.3, -0.25) is 0 Å². The van der Waals surface area contributed by atoms with E-state index in [1.807, 2.05) is 91.7 Å². The van der Waals surface area contributed by atoms with Crippen molar-refractivity contribution >= 4 is 5.69 Å². The standard InChI is InChI=1S/C21H22N2O/c1-17(21(24)18-11-5-3-6-12-18)10-9-15-20(16-22)23(2)19-13-7-4-8-14-19/h3-15,17,21,24H,1-2H3/b10-9+,20-15-. The molecular formula is C21H22N2O. The van der Waals surface area contributed by atoms with Crippen molar-refractivity contribution in [2.75, 3.05) is 11.9 Å². The fourth-order valence-corrected chi connectivity index (χ4v) is 2.40. The first-order valence-electron chi connectivity index (χ1n) is 7.94. The molecular weight excluding hydrogens is 296 g/mol. The average molecular weight is 318 g/mol. The van der Waals surface area contributed by atoms with Crippen LogP contribution in [0.15, 0.2) is 84.6 Å². The molecule has 3 heteroatoms. The molecule has 0 spiro atoms. The van der Waals surface area contributed by atoms with Gasteiger partial charge in [-0.2, -0.15) is 5.26 Å². The molecule has 2 unspecified atom stereocenters. The third-order valence-corrected chi connectivity index (χ3v) is 3.93. The van der Waals surface area contributed by atoms with Crippen LogP contribution in [-0.4, -0.2) is 12.2 Å². The Morgan fingerprint density at radius 2 is 1.67 bits per heavy atom. The van der Waals surface area contributed by atoms with Crippen molar-refractivity contribution in [3.05, 3.63) is 90.2 Å². The van der Waals surface area contributed by atoms with Crippen molar-refractivity contribution in [3.63, 3.8) is 0 Å². The summed E-state index contributed by atoms with van der Waals surface area (Å²) in [6.07, 6.45) is 4.94. The van der Waals surface area contributed by atoms with E-state index in [9.17, 15) is 10.4 Å². The molecule has 2 aromatic rings. The largest absolute Gasteiger partial charge is 0.388 e. The van der Waals surface area contributed by atoms with Gasteiger partial charge in [-0.25, -0.2) is 0 Å². The highest BCUT2D eigenvalue weighted by molar-refractivity contribution is 5.55. The van der Waals surface area contributed by atoms with Crippen LogP contribution in [0.25, 0.3) is 0 Å². The minimum Gasteiger partial charge on any atom is -0.388 e. The lowest BCUT2D eigenvalue weighted by atomic mass is 9.97. The summed E-state index contributed by atoms with van der Waals surface area (Å²) in [6, 6.07) is 21.5. The van der Waals surface area contributed by atoms with Crippen LogP contribution in [-0.2, 0) is 0 Å². The summed E-state index contributed by atoms with van der Waals surface area (Å²) in [5, 5.41) is 19.7. The number of benzene rings is 2. The van der Waals surface area contributed by atoms with E-state index >= 15 is 0 Å². The van der Waals surface area contributed by atoms with Crippen LogP contribution in [0.1, 0.15) is 18.6 Å². The number of aliphatic hydroxyl groups is 1. The lowest BCUT2D eigenvalue weighted by Crippen LogP contribution is -2.14. The van der Waals surface area contributed by atoms with E-state index in [4.69, 9.17) is 0 Å². The molecule has 0 radical (unpaired) electrons. The van der Waals surface area contributed by atoms with Crippen molar-refractivity contribution in [1.82, 2.24) is 0 Å². The van der Waals surface area contributed by atoms with Gasteiger partial charge in [0.2, 0.25) is 0 Å². The quantitative estimate of drug-likeness (QED) is 0.632. The average Bonchev–Trinajstić information content (AvgIpc) is 2.65. The predicted molar refractivity (Wildman–Crippen MR) is 98.2 cm³/mol. The van der Waals surface area contributed by atoms with Crippen LogP contribution >= 0.6 is 0 Å². The Labute approximate surface area is 143 Å². The molecule has 0 saturated heterocycles. The third kappa shape index (κ3) is 4.58. The molecule has 0 heterocycles. The maximum absolute atomic E-state index is 10.4. The predicted octanol–water partition coefficient (Wildman–Crippen LogP) is 4.46. The number of aliphatic hydroxyl groups excluding tert-OH is 1. The van der Waals surface area contributed by atoms with Gasteiger partial charge in [0.25, 0.3) is 0 Å². The van der Waals surface area contributed by atoms with Gasteiger partial charge < -0.3 is 10.0 Å². The van der Waals surface area contributed by atoms with Crippen LogP contribution < -0.4 is 4.90 Å². The highest BCUT2D eigenvalue weighted by atomic mass is 16.3. The fourth-order valence-electron chi connectivity index (χ4n) is 2.40. The van der Waals surface area contributed by atoms with E-state index in [1.165, 1.54) is 0 Å². The molecule has 0 bridgehead atoms. The van der Waals surface area contributed by atoms with Gasteiger partial charge in [-0.05, 0) is 23.8 Å². The number of nitrogens with zero attached hydrogens (tertiary/aromatic N) is 2. The highest BCUT2D eigenvalue weighted by Gasteiger charge is 2.13. The van der Waals surface area contributed by atoms with Crippen molar-refractivity contribution in [2.45, 2.75) is 13.0 Å². The van der Waals surface area contributed by atoms with E-state index < -0.39 is 6.10 Å². The summed E-state index contributed by atoms with van der Waals surface area (Å²) in [5.41, 5.74) is 2.38. The summed E-state index contributed by atoms with van der Waals surface area (Å²) in [7, 11) is 1.86. The van der Waals surface area contributed by atoms with Crippen molar-refractivity contribution in [3.8, 4) is 6.07 Å². The molecule has 3 nitrogen and oxygen atoms in total. The van der Waals surface area contributed by atoms with E-state index in [1.54, 1.807) is 6.08 Å². The first-order valence-corrected chi connectivity index (χ1v) is 7.94. The smallest absolute Gasteiger partial charge is 0.120 e. The number of para-hydroxylation sites is 1. The van der Waals surface area contributed by atoms with Gasteiger partial charge >= 0.3 is 0 Å². The Kier molecular flexibility index (Phi) is 6.36. The topological polar surface area (TPSA) is 47.3 Å². The maximum atomic E-state index is 10.4. The van der Waals surface area contributed by atoms with E-state index in [2.05, 4.69) is 6.07 Å². The lowest BCUT2D eigenvalue weighted by molar-refractivity contribution is 0.139. The molecule has 1 N–H and O–H groups in total. The monoisotopic (exact) mass is 318 g/mol. The van der Waals surface area contributed by atoms with E-state index in [0.717, 1.165) is 11.3 Å². The minimum atomic E-state index is -0.562. The van der Waals surface area contributed by atoms with Gasteiger partial charge in [0.05, 0.1) is 6.10 Å². The van der Waals surface area contributed by atoms with Gasteiger partial charge in [0, 0.05) is 18.7 Å². The van der Waals surface area contributed by atoms with Crippen LogP contribution in [0.4, 0.5) is 5.69 Å². The molecule has 0 fully saturated rings. The molecule has 0 amide bonds. The molecule has 0 aliphatic heterocycles. The molecule has 2 rings (SSSR count). The first-order chi connectivity index (χ1) is 11.6. The van der Waals surface area contributed by atoms with E-state index in [0.29, 0.717) is 5.70 Å². The second kappa shape index (κ2) is 8.71. The Hall–Kier alpha value is -2.83. The summed E-state index contributed by atoms with van der Waals surface area (Å²) in [4.78, 5) is 1.84. The van der Waals surface area contributed by atoms with Crippen LogP contribution in [0.2, 0.25) is 0 Å². The number of anilines is 1. The zero-order chi connectivity index (χ0) is 17.4. The highest BCUT2D eigenvalue weighted by Crippen LogP contribution is 2.22.